The van der Waals surface area contributed by atoms with Crippen LogP contribution in [0.2, 0.25) is 0 Å². The van der Waals surface area contributed by atoms with Crippen LogP contribution in [0.15, 0.2) is 48.5 Å². The maximum atomic E-state index is 13.4. The number of rotatable bonds is 3. The minimum atomic E-state index is -0.619. The van der Waals surface area contributed by atoms with Gasteiger partial charge in [0, 0.05) is 24.3 Å². The van der Waals surface area contributed by atoms with Crippen molar-refractivity contribution in [3.8, 4) is 5.75 Å². The highest BCUT2D eigenvalue weighted by molar-refractivity contribution is 6.03. The molecule has 130 valence electrons. The second-order valence-corrected chi connectivity index (χ2v) is 5.87. The van der Waals surface area contributed by atoms with E-state index in [4.69, 9.17) is 4.74 Å². The fraction of sp³-hybridized carbons (Fsp3) is 0.263. The van der Waals surface area contributed by atoms with Gasteiger partial charge in [0.15, 0.2) is 0 Å². The third-order valence-electron chi connectivity index (χ3n) is 4.37. The topological polar surface area (TPSA) is 49.9 Å². The molecule has 1 aliphatic rings. The molecule has 1 aliphatic heterocycles. The second kappa shape index (κ2) is 6.93. The number of hydrogen-bond acceptors (Lipinski definition) is 3. The van der Waals surface area contributed by atoms with Gasteiger partial charge in [0.25, 0.3) is 5.91 Å². The highest BCUT2D eigenvalue weighted by atomic mass is 19.1. The first-order valence-corrected chi connectivity index (χ1v) is 8.03. The average Bonchev–Trinajstić information content (AvgIpc) is 2.63. The lowest BCUT2D eigenvalue weighted by Crippen LogP contribution is -2.57. The van der Waals surface area contributed by atoms with Crippen molar-refractivity contribution in [3.63, 3.8) is 0 Å². The smallest absolute Gasteiger partial charge is 0.254 e. The lowest BCUT2D eigenvalue weighted by Gasteiger charge is -2.39. The van der Waals surface area contributed by atoms with Gasteiger partial charge in [0.1, 0.15) is 17.6 Å². The van der Waals surface area contributed by atoms with E-state index in [0.29, 0.717) is 30.1 Å². The number of carbonyl (C=O) groups is 2. The number of methoxy groups -OCH3 is 1. The zero-order valence-corrected chi connectivity index (χ0v) is 14.1. The summed E-state index contributed by atoms with van der Waals surface area (Å²) in [7, 11) is 1.56. The highest BCUT2D eigenvalue weighted by Crippen LogP contribution is 2.23. The first-order chi connectivity index (χ1) is 12.0. The van der Waals surface area contributed by atoms with Crippen LogP contribution >= 0.6 is 0 Å². The van der Waals surface area contributed by atoms with Gasteiger partial charge in [-0.15, -0.1) is 0 Å². The molecule has 2 aromatic carbocycles. The van der Waals surface area contributed by atoms with Crippen LogP contribution in [0.25, 0.3) is 0 Å². The van der Waals surface area contributed by atoms with Gasteiger partial charge in [-0.25, -0.2) is 4.39 Å². The monoisotopic (exact) mass is 342 g/mol. The number of hydrogen-bond donors (Lipinski definition) is 0. The van der Waals surface area contributed by atoms with Gasteiger partial charge in [-0.3, -0.25) is 9.59 Å². The summed E-state index contributed by atoms with van der Waals surface area (Å²) in [5, 5.41) is 0. The molecule has 0 unspecified atom stereocenters. The number of anilines is 1. The maximum Gasteiger partial charge on any atom is 0.254 e. The Morgan fingerprint density at radius 3 is 2.52 bits per heavy atom. The molecule has 0 radical (unpaired) electrons. The lowest BCUT2D eigenvalue weighted by molar-refractivity contribution is -0.124. The Labute approximate surface area is 145 Å². The fourth-order valence-corrected chi connectivity index (χ4v) is 2.95. The number of carbonyl (C=O) groups excluding carboxylic acids is 2. The molecule has 0 aromatic heterocycles. The predicted octanol–water partition coefficient (Wildman–Crippen LogP) is 2.71. The van der Waals surface area contributed by atoms with Crippen molar-refractivity contribution in [2.75, 3.05) is 25.1 Å². The van der Waals surface area contributed by atoms with Crippen LogP contribution in [0.4, 0.5) is 10.1 Å². The van der Waals surface area contributed by atoms with E-state index in [9.17, 15) is 14.0 Å². The Morgan fingerprint density at radius 1 is 1.16 bits per heavy atom. The molecular formula is C19H19FN2O3. The number of halogens is 1. The van der Waals surface area contributed by atoms with E-state index in [1.165, 1.54) is 17.0 Å². The van der Waals surface area contributed by atoms with E-state index in [1.54, 1.807) is 55.3 Å². The summed E-state index contributed by atoms with van der Waals surface area (Å²) >= 11 is 0. The Morgan fingerprint density at radius 2 is 1.88 bits per heavy atom. The zero-order chi connectivity index (χ0) is 18.0. The van der Waals surface area contributed by atoms with Crippen LogP contribution in [-0.4, -0.2) is 43.0 Å². The van der Waals surface area contributed by atoms with Gasteiger partial charge >= 0.3 is 0 Å². The third-order valence-corrected chi connectivity index (χ3v) is 4.37. The predicted molar refractivity (Wildman–Crippen MR) is 92.2 cm³/mol. The van der Waals surface area contributed by atoms with Gasteiger partial charge in [0.2, 0.25) is 5.91 Å². The van der Waals surface area contributed by atoms with E-state index in [1.807, 2.05) is 0 Å². The largest absolute Gasteiger partial charge is 0.497 e. The van der Waals surface area contributed by atoms with Gasteiger partial charge in [-0.2, -0.15) is 0 Å². The van der Waals surface area contributed by atoms with E-state index < -0.39 is 11.9 Å². The van der Waals surface area contributed by atoms with Crippen molar-refractivity contribution in [1.82, 2.24) is 4.90 Å². The van der Waals surface area contributed by atoms with Gasteiger partial charge in [0.05, 0.1) is 7.11 Å². The molecule has 2 aromatic rings. The molecule has 5 nitrogen and oxygen atoms in total. The Bertz CT molecular complexity index is 792. The number of nitrogens with zero attached hydrogens (tertiary/aromatic N) is 2. The molecule has 0 spiro atoms. The first-order valence-electron chi connectivity index (χ1n) is 8.03. The third kappa shape index (κ3) is 3.33. The first kappa shape index (κ1) is 17.0. The second-order valence-electron chi connectivity index (χ2n) is 5.87. The standard InChI is InChI=1S/C19H19FN2O3/c1-13-18(23)22(16-5-3-4-15(20)12-16)11-10-21(13)19(24)14-6-8-17(25-2)9-7-14/h3-9,12-13H,10-11H2,1-2H3/t13-/m0/s1. The molecule has 2 amide bonds. The van der Waals surface area contributed by atoms with Gasteiger partial charge in [-0.05, 0) is 49.4 Å². The van der Waals surface area contributed by atoms with Crippen LogP contribution in [0, 0.1) is 5.82 Å². The van der Waals surface area contributed by atoms with Crippen molar-refractivity contribution in [2.45, 2.75) is 13.0 Å². The lowest BCUT2D eigenvalue weighted by atomic mass is 10.1. The van der Waals surface area contributed by atoms with E-state index >= 15 is 0 Å². The molecule has 0 saturated carbocycles. The number of piperazine rings is 1. The molecule has 0 bridgehead atoms. The minimum absolute atomic E-state index is 0.206. The minimum Gasteiger partial charge on any atom is -0.497 e. The SMILES string of the molecule is COc1ccc(C(=O)N2CCN(c3cccc(F)c3)C(=O)[C@@H]2C)cc1. The Kier molecular flexibility index (Phi) is 4.70. The highest BCUT2D eigenvalue weighted by Gasteiger charge is 2.35. The molecule has 1 fully saturated rings. The Balaban J connectivity index is 1.77. The van der Waals surface area contributed by atoms with Crippen molar-refractivity contribution in [3.05, 3.63) is 59.9 Å². The summed E-state index contributed by atoms with van der Waals surface area (Å²) in [5.41, 5.74) is 1.01. The fourth-order valence-electron chi connectivity index (χ4n) is 2.95. The summed E-state index contributed by atoms with van der Waals surface area (Å²) < 4.78 is 18.5. The molecule has 1 atom stereocenters. The Hall–Kier alpha value is -2.89. The molecule has 25 heavy (non-hydrogen) atoms. The normalized spacial score (nSPS) is 17.6. The summed E-state index contributed by atoms with van der Waals surface area (Å²) in [6.07, 6.45) is 0. The molecule has 1 heterocycles. The zero-order valence-electron chi connectivity index (χ0n) is 14.1. The van der Waals surface area contributed by atoms with Crippen LogP contribution in [-0.2, 0) is 4.79 Å². The van der Waals surface area contributed by atoms with Crippen molar-refractivity contribution in [2.24, 2.45) is 0 Å². The summed E-state index contributed by atoms with van der Waals surface area (Å²) in [6.45, 7) is 2.40. The van der Waals surface area contributed by atoms with Crippen LogP contribution in [0.1, 0.15) is 17.3 Å². The molecular weight excluding hydrogens is 323 g/mol. The molecule has 6 heteroatoms. The number of benzene rings is 2. The van der Waals surface area contributed by atoms with Crippen molar-refractivity contribution >= 4 is 17.5 Å². The van der Waals surface area contributed by atoms with Crippen molar-refractivity contribution in [1.29, 1.82) is 0 Å². The number of amides is 2. The van der Waals surface area contributed by atoms with E-state index in [-0.39, 0.29) is 11.8 Å². The summed E-state index contributed by atoms with van der Waals surface area (Å²) in [5.74, 6) is -0.160. The molecule has 1 saturated heterocycles. The average molecular weight is 342 g/mol. The number of ether oxygens (including phenoxy) is 1. The summed E-state index contributed by atoms with van der Waals surface area (Å²) in [4.78, 5) is 28.4. The molecule has 0 N–H and O–H groups in total. The quantitative estimate of drug-likeness (QED) is 0.862. The maximum absolute atomic E-state index is 13.4. The van der Waals surface area contributed by atoms with E-state index in [2.05, 4.69) is 0 Å². The van der Waals surface area contributed by atoms with Gasteiger partial charge in [-0.1, -0.05) is 6.07 Å². The van der Waals surface area contributed by atoms with Crippen LogP contribution < -0.4 is 9.64 Å². The van der Waals surface area contributed by atoms with E-state index in [0.717, 1.165) is 0 Å². The van der Waals surface area contributed by atoms with Gasteiger partial charge < -0.3 is 14.5 Å². The summed E-state index contributed by atoms with van der Waals surface area (Å²) in [6, 6.07) is 12.1. The molecule has 0 aliphatic carbocycles. The van der Waals surface area contributed by atoms with Crippen molar-refractivity contribution < 1.29 is 18.7 Å². The van der Waals surface area contributed by atoms with Crippen LogP contribution in [0.3, 0.4) is 0 Å². The van der Waals surface area contributed by atoms with Crippen LogP contribution in [0.5, 0.6) is 5.75 Å². The molecule has 3 rings (SSSR count).